The van der Waals surface area contributed by atoms with Crippen LogP contribution in [-0.4, -0.2) is 12.0 Å². The largest absolute Gasteiger partial charge is 0.427 e. The molecule has 0 aliphatic rings. The van der Waals surface area contributed by atoms with E-state index in [0.717, 1.165) is 6.20 Å². The number of halogens is 4. The Morgan fingerprint density at radius 1 is 1.26 bits per heavy atom. The summed E-state index contributed by atoms with van der Waals surface area (Å²) >= 11 is 0.540. The average Bonchev–Trinajstić information content (AvgIpc) is 2.81. The fourth-order valence-electron chi connectivity index (χ4n) is 1.52. The molecule has 0 saturated heterocycles. The Morgan fingerprint density at radius 2 is 1.95 bits per heavy atom. The second-order valence-electron chi connectivity index (χ2n) is 3.95. The molecule has 102 valence electrons. The minimum atomic E-state index is -4.39. The number of thiazole rings is 1. The molecule has 0 atom stereocenters. The van der Waals surface area contributed by atoms with Crippen molar-refractivity contribution in [3.8, 4) is 0 Å². The highest BCUT2D eigenvalue weighted by Crippen LogP contribution is 2.36. The molecule has 2 aromatic rings. The third kappa shape index (κ3) is 3.23. The summed E-state index contributed by atoms with van der Waals surface area (Å²) in [5.74, 6) is -0.387. The molecule has 0 spiro atoms. The van der Waals surface area contributed by atoms with E-state index < -0.39 is 11.1 Å². The smallest absolute Gasteiger partial charge is 0.347 e. The van der Waals surface area contributed by atoms with E-state index in [2.05, 4.69) is 4.98 Å². The number of alkyl halides is 3. The van der Waals surface area contributed by atoms with E-state index in [1.165, 1.54) is 11.0 Å². The molecule has 0 aliphatic heterocycles. The van der Waals surface area contributed by atoms with Crippen molar-refractivity contribution in [1.82, 2.24) is 4.98 Å². The maximum Gasteiger partial charge on any atom is 0.427 e. The van der Waals surface area contributed by atoms with Gasteiger partial charge in [0.1, 0.15) is 10.7 Å². The van der Waals surface area contributed by atoms with Crippen LogP contribution < -0.4 is 4.90 Å². The van der Waals surface area contributed by atoms with Crippen LogP contribution in [0, 0.1) is 5.82 Å². The maximum atomic E-state index is 13.4. The van der Waals surface area contributed by atoms with Gasteiger partial charge in [-0.1, -0.05) is 29.5 Å². The van der Waals surface area contributed by atoms with Crippen molar-refractivity contribution in [2.75, 3.05) is 11.9 Å². The van der Waals surface area contributed by atoms with Crippen molar-refractivity contribution in [2.24, 2.45) is 0 Å². The van der Waals surface area contributed by atoms with Crippen molar-refractivity contribution in [3.05, 3.63) is 46.7 Å². The van der Waals surface area contributed by atoms with Crippen LogP contribution in [0.15, 0.2) is 30.5 Å². The standard InChI is InChI=1S/C12H10F4N2S/c1-18(7-8-4-2-3-5-9(8)13)11-17-6-10(19-11)12(14,15)16/h2-6H,7H2,1H3. The van der Waals surface area contributed by atoms with E-state index in [9.17, 15) is 17.6 Å². The van der Waals surface area contributed by atoms with Crippen molar-refractivity contribution >= 4 is 16.5 Å². The van der Waals surface area contributed by atoms with Crippen molar-refractivity contribution in [3.63, 3.8) is 0 Å². The second kappa shape index (κ2) is 5.16. The number of hydrogen-bond donors (Lipinski definition) is 0. The highest BCUT2D eigenvalue weighted by atomic mass is 32.1. The van der Waals surface area contributed by atoms with Gasteiger partial charge in [0.15, 0.2) is 5.13 Å². The molecule has 0 unspecified atom stereocenters. The molecular formula is C12H10F4N2S. The van der Waals surface area contributed by atoms with Crippen molar-refractivity contribution in [1.29, 1.82) is 0 Å². The molecule has 0 saturated carbocycles. The summed E-state index contributed by atoms with van der Waals surface area (Å²) in [4.78, 5) is 4.43. The van der Waals surface area contributed by atoms with E-state index in [-0.39, 0.29) is 17.5 Å². The Labute approximate surface area is 111 Å². The van der Waals surface area contributed by atoms with Crippen molar-refractivity contribution in [2.45, 2.75) is 12.7 Å². The molecule has 19 heavy (non-hydrogen) atoms. The van der Waals surface area contributed by atoms with Crippen LogP contribution in [0.25, 0.3) is 0 Å². The summed E-state index contributed by atoms with van der Waals surface area (Å²) in [5.41, 5.74) is 0.411. The van der Waals surface area contributed by atoms with Gasteiger partial charge in [-0.25, -0.2) is 9.37 Å². The number of nitrogens with zero attached hydrogens (tertiary/aromatic N) is 2. The molecule has 1 heterocycles. The van der Waals surface area contributed by atoms with Gasteiger partial charge >= 0.3 is 6.18 Å². The fourth-order valence-corrected chi connectivity index (χ4v) is 2.27. The molecule has 7 heteroatoms. The molecule has 0 radical (unpaired) electrons. The van der Waals surface area contributed by atoms with E-state index in [1.54, 1.807) is 25.2 Å². The summed E-state index contributed by atoms with van der Waals surface area (Å²) in [5, 5.41) is 0.204. The van der Waals surface area contributed by atoms with E-state index in [0.29, 0.717) is 16.9 Å². The third-order valence-electron chi connectivity index (χ3n) is 2.46. The fraction of sp³-hybridized carbons (Fsp3) is 0.250. The predicted molar refractivity (Wildman–Crippen MR) is 65.6 cm³/mol. The zero-order valence-electron chi connectivity index (χ0n) is 9.91. The first kappa shape index (κ1) is 13.8. The lowest BCUT2D eigenvalue weighted by atomic mass is 10.2. The van der Waals surface area contributed by atoms with Crippen LogP contribution in [0.1, 0.15) is 10.4 Å². The van der Waals surface area contributed by atoms with Crippen LogP contribution in [0.2, 0.25) is 0 Å². The average molecular weight is 290 g/mol. The highest BCUT2D eigenvalue weighted by Gasteiger charge is 2.33. The molecule has 1 aromatic carbocycles. The summed E-state index contributed by atoms with van der Waals surface area (Å²) in [6.45, 7) is 0.164. The Morgan fingerprint density at radius 3 is 2.53 bits per heavy atom. The molecular weight excluding hydrogens is 280 g/mol. The summed E-state index contributed by atoms with van der Waals surface area (Å²) in [6.07, 6.45) is -3.60. The number of aromatic nitrogens is 1. The monoisotopic (exact) mass is 290 g/mol. The molecule has 0 amide bonds. The van der Waals surface area contributed by atoms with Gasteiger partial charge in [-0.3, -0.25) is 0 Å². The van der Waals surface area contributed by atoms with Crippen LogP contribution >= 0.6 is 11.3 Å². The zero-order chi connectivity index (χ0) is 14.0. The normalized spacial score (nSPS) is 11.6. The lowest BCUT2D eigenvalue weighted by molar-refractivity contribution is -0.134. The minimum Gasteiger partial charge on any atom is -0.347 e. The van der Waals surface area contributed by atoms with Gasteiger partial charge in [0, 0.05) is 19.2 Å². The van der Waals surface area contributed by atoms with Gasteiger partial charge in [0.05, 0.1) is 6.20 Å². The summed E-state index contributed by atoms with van der Waals surface area (Å²) < 4.78 is 50.8. The predicted octanol–water partition coefficient (Wildman–Crippen LogP) is 3.94. The highest BCUT2D eigenvalue weighted by molar-refractivity contribution is 7.15. The maximum absolute atomic E-state index is 13.4. The molecule has 2 rings (SSSR count). The Kier molecular flexibility index (Phi) is 3.75. The second-order valence-corrected chi connectivity index (χ2v) is 4.96. The minimum absolute atomic E-state index is 0.164. The van der Waals surface area contributed by atoms with Crippen LogP contribution in [0.4, 0.5) is 22.7 Å². The molecule has 2 nitrogen and oxygen atoms in total. The Hall–Kier alpha value is -1.63. The van der Waals surface area contributed by atoms with E-state index in [4.69, 9.17) is 0 Å². The van der Waals surface area contributed by atoms with E-state index >= 15 is 0 Å². The first-order chi connectivity index (χ1) is 8.88. The Bertz CT molecular complexity index is 565. The number of anilines is 1. The van der Waals surface area contributed by atoms with Gasteiger partial charge in [-0.15, -0.1) is 0 Å². The number of hydrogen-bond acceptors (Lipinski definition) is 3. The van der Waals surface area contributed by atoms with Crippen LogP contribution in [-0.2, 0) is 12.7 Å². The van der Waals surface area contributed by atoms with Gasteiger partial charge in [0.2, 0.25) is 0 Å². The van der Waals surface area contributed by atoms with Gasteiger partial charge in [-0.2, -0.15) is 13.2 Å². The van der Waals surface area contributed by atoms with E-state index in [1.807, 2.05) is 0 Å². The van der Waals surface area contributed by atoms with Gasteiger partial charge < -0.3 is 4.90 Å². The first-order valence-electron chi connectivity index (χ1n) is 5.35. The van der Waals surface area contributed by atoms with Crippen LogP contribution in [0.5, 0.6) is 0 Å². The lowest BCUT2D eigenvalue weighted by Crippen LogP contribution is -2.16. The Balaban J connectivity index is 2.15. The molecule has 0 aliphatic carbocycles. The topological polar surface area (TPSA) is 16.1 Å². The summed E-state index contributed by atoms with van der Waals surface area (Å²) in [7, 11) is 1.57. The first-order valence-corrected chi connectivity index (χ1v) is 6.17. The number of rotatable bonds is 3. The SMILES string of the molecule is CN(Cc1ccccc1F)c1ncc(C(F)(F)F)s1. The quantitative estimate of drug-likeness (QED) is 0.796. The molecule has 0 fully saturated rings. The summed E-state index contributed by atoms with van der Waals surface area (Å²) in [6, 6.07) is 6.13. The molecule has 0 N–H and O–H groups in total. The van der Waals surface area contributed by atoms with Crippen molar-refractivity contribution < 1.29 is 17.6 Å². The third-order valence-corrected chi connectivity index (χ3v) is 3.62. The zero-order valence-corrected chi connectivity index (χ0v) is 10.7. The van der Waals surface area contributed by atoms with Gasteiger partial charge in [-0.05, 0) is 6.07 Å². The molecule has 0 bridgehead atoms. The number of benzene rings is 1. The van der Waals surface area contributed by atoms with Crippen LogP contribution in [0.3, 0.4) is 0 Å². The lowest BCUT2D eigenvalue weighted by Gasteiger charge is -2.16. The molecule has 1 aromatic heterocycles. The van der Waals surface area contributed by atoms with Gasteiger partial charge in [0.25, 0.3) is 0 Å².